The van der Waals surface area contributed by atoms with Gasteiger partial charge in [0.05, 0.1) is 11.7 Å². The van der Waals surface area contributed by atoms with Gasteiger partial charge in [-0.15, -0.1) is 0 Å². The first-order valence-corrected chi connectivity index (χ1v) is 5.12. The van der Waals surface area contributed by atoms with Crippen molar-refractivity contribution in [2.45, 2.75) is 19.9 Å². The van der Waals surface area contributed by atoms with Crippen LogP contribution in [0.5, 0.6) is 0 Å². The molecule has 0 saturated heterocycles. The number of pyridine rings is 1. The summed E-state index contributed by atoms with van der Waals surface area (Å²) in [5.74, 6) is 0. The van der Waals surface area contributed by atoms with Crippen LogP contribution >= 0.6 is 0 Å². The maximum absolute atomic E-state index is 6.12. The highest BCUT2D eigenvalue weighted by Gasteiger charge is 2.13. The van der Waals surface area contributed by atoms with Crippen molar-refractivity contribution < 1.29 is 0 Å². The summed E-state index contributed by atoms with van der Waals surface area (Å²) in [7, 11) is 0. The highest BCUT2D eigenvalue weighted by Crippen LogP contribution is 2.19. The van der Waals surface area contributed by atoms with Crippen LogP contribution in [0.3, 0.4) is 0 Å². The molecule has 2 aromatic rings. The van der Waals surface area contributed by atoms with Gasteiger partial charge in [-0.3, -0.25) is 4.98 Å². The molecule has 2 heterocycles. The minimum atomic E-state index is -0.262. The Balaban J connectivity index is 2.38. The number of rotatable bonds is 2. The van der Waals surface area contributed by atoms with Crippen LogP contribution in [-0.2, 0) is 0 Å². The Morgan fingerprint density at radius 1 is 1.12 bits per heavy atom. The first kappa shape index (κ1) is 10.7. The van der Waals surface area contributed by atoms with Crippen LogP contribution in [0.2, 0.25) is 0 Å². The van der Waals surface area contributed by atoms with E-state index in [4.69, 9.17) is 5.73 Å². The normalized spacial score (nSPS) is 12.4. The van der Waals surface area contributed by atoms with E-state index in [1.807, 2.05) is 20.0 Å². The molecule has 0 aliphatic rings. The molecule has 82 valence electrons. The lowest BCUT2D eigenvalue weighted by Gasteiger charge is -2.13. The molecular formula is C12H14N4. The zero-order valence-electron chi connectivity index (χ0n) is 9.38. The van der Waals surface area contributed by atoms with Gasteiger partial charge in [0.15, 0.2) is 0 Å². The third-order valence-corrected chi connectivity index (χ3v) is 2.49. The van der Waals surface area contributed by atoms with Gasteiger partial charge in [0, 0.05) is 24.2 Å². The molecule has 0 saturated carbocycles. The average molecular weight is 214 g/mol. The van der Waals surface area contributed by atoms with Gasteiger partial charge in [-0.25, -0.2) is 9.97 Å². The van der Waals surface area contributed by atoms with Crippen LogP contribution in [0, 0.1) is 13.8 Å². The number of nitrogens with zero attached hydrogens (tertiary/aromatic N) is 3. The number of aryl methyl sites for hydroxylation is 2. The van der Waals surface area contributed by atoms with Gasteiger partial charge in [-0.1, -0.05) is 6.07 Å². The second-order valence-corrected chi connectivity index (χ2v) is 3.86. The number of hydrogen-bond donors (Lipinski definition) is 1. The maximum Gasteiger partial charge on any atom is 0.115 e. The highest BCUT2D eigenvalue weighted by molar-refractivity contribution is 5.31. The lowest BCUT2D eigenvalue weighted by molar-refractivity contribution is 0.802. The van der Waals surface area contributed by atoms with Crippen LogP contribution in [0.1, 0.15) is 28.4 Å². The van der Waals surface area contributed by atoms with Crippen molar-refractivity contribution in [2.24, 2.45) is 5.73 Å². The van der Waals surface area contributed by atoms with Gasteiger partial charge in [0.1, 0.15) is 6.33 Å². The number of aromatic nitrogens is 3. The Labute approximate surface area is 94.6 Å². The summed E-state index contributed by atoms with van der Waals surface area (Å²) >= 11 is 0. The standard InChI is InChI=1S/C12H14N4/c1-8-3-9(2)12(16-4-8)11(13)10-5-14-7-15-6-10/h3-7,11H,13H2,1-2H3. The van der Waals surface area contributed by atoms with Gasteiger partial charge in [-0.05, 0) is 25.0 Å². The summed E-state index contributed by atoms with van der Waals surface area (Å²) < 4.78 is 0. The van der Waals surface area contributed by atoms with Crippen LogP contribution in [0.4, 0.5) is 0 Å². The van der Waals surface area contributed by atoms with E-state index in [1.165, 1.54) is 6.33 Å². The minimum Gasteiger partial charge on any atom is -0.319 e. The van der Waals surface area contributed by atoms with E-state index in [0.29, 0.717) is 0 Å². The fraction of sp³-hybridized carbons (Fsp3) is 0.250. The van der Waals surface area contributed by atoms with Crippen molar-refractivity contribution in [2.75, 3.05) is 0 Å². The predicted molar refractivity (Wildman–Crippen MR) is 61.8 cm³/mol. The van der Waals surface area contributed by atoms with Gasteiger partial charge in [0.25, 0.3) is 0 Å². The van der Waals surface area contributed by atoms with Crippen LogP contribution in [-0.4, -0.2) is 15.0 Å². The van der Waals surface area contributed by atoms with Crippen molar-refractivity contribution in [3.63, 3.8) is 0 Å². The molecule has 16 heavy (non-hydrogen) atoms. The smallest absolute Gasteiger partial charge is 0.115 e. The molecule has 2 rings (SSSR count). The Morgan fingerprint density at radius 2 is 1.81 bits per heavy atom. The molecule has 0 spiro atoms. The molecule has 0 radical (unpaired) electrons. The largest absolute Gasteiger partial charge is 0.319 e. The van der Waals surface area contributed by atoms with Crippen molar-refractivity contribution in [1.82, 2.24) is 15.0 Å². The summed E-state index contributed by atoms with van der Waals surface area (Å²) in [6.07, 6.45) is 6.76. The molecule has 2 N–H and O–H groups in total. The minimum absolute atomic E-state index is 0.262. The van der Waals surface area contributed by atoms with E-state index in [1.54, 1.807) is 12.4 Å². The molecule has 2 aromatic heterocycles. The van der Waals surface area contributed by atoms with Crippen molar-refractivity contribution in [1.29, 1.82) is 0 Å². The average Bonchev–Trinajstić information content (AvgIpc) is 2.29. The summed E-state index contributed by atoms with van der Waals surface area (Å²) in [4.78, 5) is 12.3. The van der Waals surface area contributed by atoms with Crippen molar-refractivity contribution >= 4 is 0 Å². The molecule has 1 unspecified atom stereocenters. The zero-order valence-corrected chi connectivity index (χ0v) is 9.38. The Morgan fingerprint density at radius 3 is 2.44 bits per heavy atom. The fourth-order valence-corrected chi connectivity index (χ4v) is 1.68. The van der Waals surface area contributed by atoms with Gasteiger partial charge < -0.3 is 5.73 Å². The molecule has 0 aliphatic carbocycles. The van der Waals surface area contributed by atoms with Crippen LogP contribution < -0.4 is 5.73 Å². The van der Waals surface area contributed by atoms with Crippen LogP contribution in [0.15, 0.2) is 31.0 Å². The second-order valence-electron chi connectivity index (χ2n) is 3.86. The summed E-state index contributed by atoms with van der Waals surface area (Å²) in [5.41, 5.74) is 10.1. The first-order valence-electron chi connectivity index (χ1n) is 5.12. The molecule has 0 bridgehead atoms. The van der Waals surface area contributed by atoms with E-state index >= 15 is 0 Å². The zero-order chi connectivity index (χ0) is 11.5. The van der Waals surface area contributed by atoms with E-state index in [9.17, 15) is 0 Å². The molecule has 1 atom stereocenters. The lowest BCUT2D eigenvalue weighted by atomic mass is 10.0. The Kier molecular flexibility index (Phi) is 2.92. The number of hydrogen-bond acceptors (Lipinski definition) is 4. The summed E-state index contributed by atoms with van der Waals surface area (Å²) in [5, 5.41) is 0. The van der Waals surface area contributed by atoms with Crippen molar-refractivity contribution in [3.05, 3.63) is 53.4 Å². The molecule has 0 amide bonds. The van der Waals surface area contributed by atoms with Gasteiger partial charge in [0.2, 0.25) is 0 Å². The lowest BCUT2D eigenvalue weighted by Crippen LogP contribution is -2.15. The SMILES string of the molecule is Cc1cnc(C(N)c2cncnc2)c(C)c1. The van der Waals surface area contributed by atoms with E-state index in [-0.39, 0.29) is 6.04 Å². The fourth-order valence-electron chi connectivity index (χ4n) is 1.68. The van der Waals surface area contributed by atoms with Crippen molar-refractivity contribution in [3.8, 4) is 0 Å². The van der Waals surface area contributed by atoms with Crippen LogP contribution in [0.25, 0.3) is 0 Å². The number of nitrogens with two attached hydrogens (primary N) is 1. The van der Waals surface area contributed by atoms with E-state index < -0.39 is 0 Å². The second kappa shape index (κ2) is 4.37. The Hall–Kier alpha value is -1.81. The quantitative estimate of drug-likeness (QED) is 0.823. The summed E-state index contributed by atoms with van der Waals surface area (Å²) in [6.45, 7) is 4.03. The van der Waals surface area contributed by atoms with E-state index in [0.717, 1.165) is 22.4 Å². The molecular weight excluding hydrogens is 200 g/mol. The predicted octanol–water partition coefficient (Wildman–Crippen LogP) is 1.54. The molecule has 4 nitrogen and oxygen atoms in total. The molecule has 0 aliphatic heterocycles. The monoisotopic (exact) mass is 214 g/mol. The van der Waals surface area contributed by atoms with Gasteiger partial charge in [-0.2, -0.15) is 0 Å². The van der Waals surface area contributed by atoms with Gasteiger partial charge >= 0.3 is 0 Å². The highest BCUT2D eigenvalue weighted by atomic mass is 14.8. The molecule has 4 heteroatoms. The third-order valence-electron chi connectivity index (χ3n) is 2.49. The summed E-state index contributed by atoms with van der Waals surface area (Å²) in [6, 6.07) is 1.81. The molecule has 0 aromatic carbocycles. The van der Waals surface area contributed by atoms with E-state index in [2.05, 4.69) is 21.0 Å². The third kappa shape index (κ3) is 2.06. The Bertz CT molecular complexity index is 482. The first-order chi connectivity index (χ1) is 7.68. The topological polar surface area (TPSA) is 64.7 Å². The maximum atomic E-state index is 6.12. The molecule has 0 fully saturated rings.